The number of aryl methyl sites for hydroxylation is 2. The molecule has 0 aliphatic carbocycles. The van der Waals surface area contributed by atoms with Gasteiger partial charge in [-0.3, -0.25) is 4.79 Å². The lowest BCUT2D eigenvalue weighted by Crippen LogP contribution is -2.15. The van der Waals surface area contributed by atoms with Crippen molar-refractivity contribution in [3.63, 3.8) is 0 Å². The largest absolute Gasteiger partial charge is 0.497 e. The Morgan fingerprint density at radius 3 is 2.67 bits per heavy atom. The average Bonchev–Trinajstić information content (AvgIpc) is 2.87. The number of hydrogen-bond donors (Lipinski definition) is 1. The Morgan fingerprint density at radius 2 is 1.96 bits per heavy atom. The number of ether oxygens (including phenoxy) is 1. The van der Waals surface area contributed by atoms with E-state index in [4.69, 9.17) is 9.84 Å². The third-order valence-electron chi connectivity index (χ3n) is 4.67. The summed E-state index contributed by atoms with van der Waals surface area (Å²) in [6.07, 6.45) is 0. The molecule has 0 bridgehead atoms. The van der Waals surface area contributed by atoms with Crippen LogP contribution in [0.2, 0.25) is 0 Å². The standard InChI is InChI=1S/C21H21N3O2S/c1-13-5-4-6-15(11-13)20-19-14(2)23-24(21(19)22-18(25)12-27-20)16-7-9-17(26-3)10-8-16/h4-11,20H,12H2,1-3H3,(H,22,25). The summed E-state index contributed by atoms with van der Waals surface area (Å²) in [7, 11) is 1.64. The number of nitrogens with one attached hydrogen (secondary N) is 1. The van der Waals surface area contributed by atoms with E-state index in [1.807, 2.05) is 35.9 Å². The zero-order chi connectivity index (χ0) is 19.0. The molecule has 1 N–H and O–H groups in total. The molecule has 1 aliphatic heterocycles. The van der Waals surface area contributed by atoms with Crippen LogP contribution in [0.3, 0.4) is 0 Å². The van der Waals surface area contributed by atoms with Crippen LogP contribution in [0.4, 0.5) is 5.82 Å². The lowest BCUT2D eigenvalue weighted by atomic mass is 10.0. The van der Waals surface area contributed by atoms with E-state index in [1.165, 1.54) is 11.1 Å². The van der Waals surface area contributed by atoms with Crippen LogP contribution < -0.4 is 10.1 Å². The monoisotopic (exact) mass is 379 g/mol. The molecule has 3 aromatic rings. The number of benzene rings is 2. The minimum absolute atomic E-state index is 0.00827. The Labute approximate surface area is 162 Å². The van der Waals surface area contributed by atoms with Crippen LogP contribution in [-0.2, 0) is 4.79 Å². The number of nitrogens with zero attached hydrogens (tertiary/aromatic N) is 2. The Balaban J connectivity index is 1.86. The number of rotatable bonds is 3. The van der Waals surface area contributed by atoms with Gasteiger partial charge in [0, 0.05) is 5.56 Å². The molecule has 2 heterocycles. The number of carbonyl (C=O) groups excluding carboxylic acids is 1. The fourth-order valence-electron chi connectivity index (χ4n) is 3.39. The SMILES string of the molecule is COc1ccc(-n2nc(C)c3c2NC(=O)CSC3c2cccc(C)c2)cc1. The number of hydrogen-bond acceptors (Lipinski definition) is 4. The minimum Gasteiger partial charge on any atom is -0.497 e. The molecule has 27 heavy (non-hydrogen) atoms. The first-order chi connectivity index (χ1) is 13.1. The lowest BCUT2D eigenvalue weighted by molar-refractivity contribution is -0.113. The second-order valence-electron chi connectivity index (χ2n) is 6.61. The van der Waals surface area contributed by atoms with Crippen LogP contribution in [0.1, 0.15) is 27.6 Å². The van der Waals surface area contributed by atoms with Crippen LogP contribution in [0, 0.1) is 13.8 Å². The summed E-state index contributed by atoms with van der Waals surface area (Å²) in [6.45, 7) is 4.09. The van der Waals surface area contributed by atoms with Crippen LogP contribution in [0.15, 0.2) is 48.5 Å². The highest BCUT2D eigenvalue weighted by Crippen LogP contribution is 2.44. The second kappa shape index (κ2) is 7.12. The van der Waals surface area contributed by atoms with Crippen molar-refractivity contribution in [3.8, 4) is 11.4 Å². The smallest absolute Gasteiger partial charge is 0.235 e. The predicted molar refractivity (Wildman–Crippen MR) is 109 cm³/mol. The van der Waals surface area contributed by atoms with E-state index in [-0.39, 0.29) is 11.2 Å². The third-order valence-corrected chi connectivity index (χ3v) is 5.94. The van der Waals surface area contributed by atoms with E-state index in [1.54, 1.807) is 18.9 Å². The van der Waals surface area contributed by atoms with Gasteiger partial charge >= 0.3 is 0 Å². The summed E-state index contributed by atoms with van der Waals surface area (Å²) >= 11 is 1.64. The van der Waals surface area contributed by atoms with Gasteiger partial charge in [0.25, 0.3) is 0 Å². The summed E-state index contributed by atoms with van der Waals surface area (Å²) in [5.41, 5.74) is 5.26. The summed E-state index contributed by atoms with van der Waals surface area (Å²) in [4.78, 5) is 12.4. The number of carbonyl (C=O) groups is 1. The van der Waals surface area contributed by atoms with Gasteiger partial charge in [0.1, 0.15) is 11.6 Å². The molecule has 138 valence electrons. The summed E-state index contributed by atoms with van der Waals surface area (Å²) in [5.74, 6) is 1.94. The first-order valence-electron chi connectivity index (χ1n) is 8.79. The highest BCUT2D eigenvalue weighted by molar-refractivity contribution is 8.00. The van der Waals surface area contributed by atoms with Gasteiger partial charge in [-0.05, 0) is 43.7 Å². The highest BCUT2D eigenvalue weighted by Gasteiger charge is 2.30. The minimum atomic E-state index is -0.00827. The topological polar surface area (TPSA) is 56.1 Å². The number of thioether (sulfide) groups is 1. The maximum atomic E-state index is 12.4. The molecule has 1 unspecified atom stereocenters. The third kappa shape index (κ3) is 3.32. The summed E-state index contributed by atoms with van der Waals surface area (Å²) < 4.78 is 7.06. The van der Waals surface area contributed by atoms with E-state index in [0.29, 0.717) is 5.75 Å². The van der Waals surface area contributed by atoms with Gasteiger partial charge in [-0.25, -0.2) is 4.68 Å². The first kappa shape index (κ1) is 17.7. The number of fused-ring (bicyclic) bond motifs is 1. The zero-order valence-corrected chi connectivity index (χ0v) is 16.3. The number of aromatic nitrogens is 2. The molecule has 0 radical (unpaired) electrons. The number of methoxy groups -OCH3 is 1. The lowest BCUT2D eigenvalue weighted by Gasteiger charge is -2.16. The molecule has 1 amide bonds. The van der Waals surface area contributed by atoms with Crippen molar-refractivity contribution in [3.05, 3.63) is 70.9 Å². The molecular weight excluding hydrogens is 358 g/mol. The van der Waals surface area contributed by atoms with Gasteiger partial charge in [-0.2, -0.15) is 5.10 Å². The van der Waals surface area contributed by atoms with Gasteiger partial charge in [-0.15, -0.1) is 11.8 Å². The van der Waals surface area contributed by atoms with Crippen LogP contribution >= 0.6 is 11.8 Å². The quantitative estimate of drug-likeness (QED) is 0.738. The summed E-state index contributed by atoms with van der Waals surface area (Å²) in [5, 5.41) is 7.86. The van der Waals surface area contributed by atoms with Crippen LogP contribution in [-0.4, -0.2) is 28.6 Å². The summed E-state index contributed by atoms with van der Waals surface area (Å²) in [6, 6.07) is 16.1. The van der Waals surface area contributed by atoms with Gasteiger partial charge in [0.15, 0.2) is 0 Å². The van der Waals surface area contributed by atoms with Gasteiger partial charge in [0.2, 0.25) is 5.91 Å². The molecule has 1 aromatic heterocycles. The fourth-order valence-corrected chi connectivity index (χ4v) is 4.57. The van der Waals surface area contributed by atoms with Crippen LogP contribution in [0.25, 0.3) is 5.69 Å². The highest BCUT2D eigenvalue weighted by atomic mass is 32.2. The molecular formula is C21H21N3O2S. The molecule has 0 fully saturated rings. The Morgan fingerprint density at radius 1 is 1.19 bits per heavy atom. The van der Waals surface area contributed by atoms with Crippen molar-refractivity contribution >= 4 is 23.5 Å². The van der Waals surface area contributed by atoms with Crippen molar-refractivity contribution < 1.29 is 9.53 Å². The molecule has 0 saturated heterocycles. The number of amides is 1. The van der Waals surface area contributed by atoms with E-state index in [9.17, 15) is 4.79 Å². The van der Waals surface area contributed by atoms with E-state index < -0.39 is 0 Å². The fraction of sp³-hybridized carbons (Fsp3) is 0.238. The molecule has 1 atom stereocenters. The van der Waals surface area contributed by atoms with Crippen molar-refractivity contribution in [2.45, 2.75) is 19.1 Å². The molecule has 0 saturated carbocycles. The maximum absolute atomic E-state index is 12.4. The average molecular weight is 379 g/mol. The van der Waals surface area contributed by atoms with Crippen molar-refractivity contribution in [2.75, 3.05) is 18.2 Å². The van der Waals surface area contributed by atoms with Gasteiger partial charge < -0.3 is 10.1 Å². The van der Waals surface area contributed by atoms with E-state index in [2.05, 4.69) is 36.5 Å². The molecule has 1 aliphatic rings. The maximum Gasteiger partial charge on any atom is 0.235 e. The van der Waals surface area contributed by atoms with Crippen molar-refractivity contribution in [2.24, 2.45) is 0 Å². The Hall–Kier alpha value is -2.73. The molecule has 2 aromatic carbocycles. The first-order valence-corrected chi connectivity index (χ1v) is 9.83. The molecule has 6 heteroatoms. The molecule has 0 spiro atoms. The number of anilines is 1. The van der Waals surface area contributed by atoms with E-state index in [0.717, 1.165) is 28.5 Å². The normalized spacial score (nSPS) is 16.4. The van der Waals surface area contributed by atoms with E-state index >= 15 is 0 Å². The Kier molecular flexibility index (Phi) is 4.66. The van der Waals surface area contributed by atoms with Crippen molar-refractivity contribution in [1.29, 1.82) is 0 Å². The van der Waals surface area contributed by atoms with Gasteiger partial charge in [-0.1, -0.05) is 29.8 Å². The Bertz CT molecular complexity index is 995. The zero-order valence-electron chi connectivity index (χ0n) is 15.5. The van der Waals surface area contributed by atoms with Gasteiger partial charge in [0.05, 0.1) is 29.5 Å². The second-order valence-corrected chi connectivity index (χ2v) is 7.70. The van der Waals surface area contributed by atoms with Crippen LogP contribution in [0.5, 0.6) is 5.75 Å². The van der Waals surface area contributed by atoms with Crippen molar-refractivity contribution in [1.82, 2.24) is 9.78 Å². The molecule has 4 rings (SSSR count). The predicted octanol–water partition coefficient (Wildman–Crippen LogP) is 4.27. The molecule has 5 nitrogen and oxygen atoms in total.